The van der Waals surface area contributed by atoms with Crippen molar-refractivity contribution < 1.29 is 4.21 Å². The van der Waals surface area contributed by atoms with Crippen molar-refractivity contribution in [3.63, 3.8) is 0 Å². The predicted molar refractivity (Wildman–Crippen MR) is 129 cm³/mol. The van der Waals surface area contributed by atoms with Gasteiger partial charge in [-0.3, -0.25) is 9.88 Å². The van der Waals surface area contributed by atoms with Crippen LogP contribution in [0, 0.1) is 10.7 Å². The van der Waals surface area contributed by atoms with E-state index >= 15 is 0 Å². The Hall–Kier alpha value is -1.34. The Labute approximate surface area is 195 Å². The smallest absolute Gasteiger partial charge is 0.0825 e. The molecule has 1 aliphatic heterocycles. The molecule has 5 nitrogen and oxygen atoms in total. The Morgan fingerprint density at radius 3 is 2.45 bits per heavy atom. The van der Waals surface area contributed by atoms with Crippen LogP contribution in [0.25, 0.3) is 0 Å². The van der Waals surface area contributed by atoms with E-state index in [0.29, 0.717) is 20.9 Å². The van der Waals surface area contributed by atoms with Crippen LogP contribution in [0.2, 0.25) is 10.0 Å². The highest BCUT2D eigenvalue weighted by Crippen LogP contribution is 2.35. The van der Waals surface area contributed by atoms with Crippen LogP contribution in [0.5, 0.6) is 0 Å². The molecule has 8 heteroatoms. The maximum Gasteiger partial charge on any atom is 0.0825 e. The Balaban J connectivity index is 1.22. The van der Waals surface area contributed by atoms with Gasteiger partial charge in [-0.1, -0.05) is 29.3 Å². The highest BCUT2D eigenvalue weighted by Gasteiger charge is 2.30. The third-order valence-corrected chi connectivity index (χ3v) is 9.91. The summed E-state index contributed by atoms with van der Waals surface area (Å²) in [6, 6.07) is 9.38. The van der Waals surface area contributed by atoms with Gasteiger partial charge in [0.2, 0.25) is 0 Å². The minimum atomic E-state index is -2.76. The number of nitrogens with zero attached hydrogens (tertiary/aromatic N) is 3. The summed E-state index contributed by atoms with van der Waals surface area (Å²) in [6.45, 7) is 5.07. The molecule has 1 atom stereocenters. The van der Waals surface area contributed by atoms with E-state index < -0.39 is 9.73 Å². The van der Waals surface area contributed by atoms with Gasteiger partial charge in [0, 0.05) is 43.8 Å². The molecular weight excluding hydrogens is 451 g/mol. The van der Waals surface area contributed by atoms with Crippen molar-refractivity contribution in [2.45, 2.75) is 42.2 Å². The van der Waals surface area contributed by atoms with Crippen LogP contribution in [0.15, 0.2) is 47.6 Å². The van der Waals surface area contributed by atoms with Gasteiger partial charge in [-0.15, -0.1) is 0 Å². The van der Waals surface area contributed by atoms with E-state index in [1.807, 2.05) is 18.2 Å². The van der Waals surface area contributed by atoms with Crippen LogP contribution in [0.1, 0.15) is 32.1 Å². The van der Waals surface area contributed by atoms with Crippen LogP contribution in [-0.2, 0) is 9.73 Å². The zero-order valence-corrected chi connectivity index (χ0v) is 20.0. The average molecular weight is 481 g/mol. The number of aromatic nitrogens is 1. The Morgan fingerprint density at radius 2 is 1.77 bits per heavy atom. The fourth-order valence-electron chi connectivity index (χ4n) is 4.79. The van der Waals surface area contributed by atoms with Gasteiger partial charge in [-0.05, 0) is 68.8 Å². The van der Waals surface area contributed by atoms with Crippen molar-refractivity contribution in [1.29, 1.82) is 4.78 Å². The number of anilines is 1. The zero-order chi connectivity index (χ0) is 21.8. The van der Waals surface area contributed by atoms with Crippen molar-refractivity contribution in [2.75, 3.05) is 37.6 Å². The molecule has 2 aromatic rings. The molecule has 0 radical (unpaired) electrons. The molecule has 0 spiro atoms. The lowest BCUT2D eigenvalue weighted by atomic mass is 9.86. The number of hydrogen-bond acceptors (Lipinski definition) is 5. The first-order valence-corrected chi connectivity index (χ1v) is 13.4. The SMILES string of the molecule is N=S(=O)(c1cccnc1)C1CCC(CCN2CCN(c3cccc(Cl)c3Cl)CC2)CC1. The molecule has 1 saturated carbocycles. The summed E-state index contributed by atoms with van der Waals surface area (Å²) in [5.74, 6) is 0.667. The average Bonchev–Trinajstić information content (AvgIpc) is 2.81. The number of piperazine rings is 1. The third kappa shape index (κ3) is 5.36. The fourth-order valence-corrected chi connectivity index (χ4v) is 7.02. The van der Waals surface area contributed by atoms with Crippen molar-refractivity contribution >= 4 is 38.6 Å². The maximum absolute atomic E-state index is 13.0. The second kappa shape index (κ2) is 10.1. The van der Waals surface area contributed by atoms with Crippen LogP contribution in [-0.4, -0.2) is 52.1 Å². The summed E-state index contributed by atoms with van der Waals surface area (Å²) in [5.41, 5.74) is 1.03. The lowest BCUT2D eigenvalue weighted by Gasteiger charge is -2.37. The van der Waals surface area contributed by atoms with Gasteiger partial charge in [0.1, 0.15) is 0 Å². The number of hydrogen-bond donors (Lipinski definition) is 1. The molecule has 2 aliphatic rings. The first-order chi connectivity index (χ1) is 14.9. The second-order valence-electron chi connectivity index (χ2n) is 8.62. The summed E-state index contributed by atoms with van der Waals surface area (Å²) in [4.78, 5) is 9.48. The summed E-state index contributed by atoms with van der Waals surface area (Å²) in [6.07, 6.45) is 8.33. The monoisotopic (exact) mass is 480 g/mol. The predicted octanol–water partition coefficient (Wildman–Crippen LogP) is 5.57. The number of rotatable bonds is 6. The molecule has 4 rings (SSSR count). The Morgan fingerprint density at radius 1 is 1.03 bits per heavy atom. The van der Waals surface area contributed by atoms with E-state index in [0.717, 1.165) is 64.1 Å². The minimum Gasteiger partial charge on any atom is -0.368 e. The zero-order valence-electron chi connectivity index (χ0n) is 17.7. The van der Waals surface area contributed by atoms with Crippen LogP contribution in [0.3, 0.4) is 0 Å². The lowest BCUT2D eigenvalue weighted by molar-refractivity contribution is 0.222. The van der Waals surface area contributed by atoms with Gasteiger partial charge in [0.25, 0.3) is 0 Å². The summed E-state index contributed by atoms with van der Waals surface area (Å²) in [5, 5.41) is 1.21. The molecule has 1 N–H and O–H groups in total. The van der Waals surface area contributed by atoms with Gasteiger partial charge in [0.05, 0.1) is 30.4 Å². The van der Waals surface area contributed by atoms with Gasteiger partial charge in [0.15, 0.2) is 0 Å². The van der Waals surface area contributed by atoms with Gasteiger partial charge >= 0.3 is 0 Å². The van der Waals surface area contributed by atoms with Crippen molar-refractivity contribution in [3.8, 4) is 0 Å². The number of nitrogens with one attached hydrogen (secondary N) is 1. The summed E-state index contributed by atoms with van der Waals surface area (Å²) >= 11 is 12.6. The van der Waals surface area contributed by atoms with E-state index in [2.05, 4.69) is 14.8 Å². The van der Waals surface area contributed by atoms with E-state index in [4.69, 9.17) is 28.0 Å². The van der Waals surface area contributed by atoms with Crippen LogP contribution < -0.4 is 4.90 Å². The van der Waals surface area contributed by atoms with Gasteiger partial charge in [-0.25, -0.2) is 8.99 Å². The van der Waals surface area contributed by atoms with Gasteiger partial charge < -0.3 is 4.90 Å². The Kier molecular flexibility index (Phi) is 7.42. The normalized spacial score (nSPS) is 24.6. The molecule has 1 saturated heterocycles. The quantitative estimate of drug-likeness (QED) is 0.587. The number of benzene rings is 1. The molecule has 1 aromatic heterocycles. The van der Waals surface area contributed by atoms with Crippen molar-refractivity contribution in [3.05, 3.63) is 52.8 Å². The van der Waals surface area contributed by atoms with E-state index in [9.17, 15) is 4.21 Å². The topological polar surface area (TPSA) is 60.3 Å². The summed E-state index contributed by atoms with van der Waals surface area (Å²) in [7, 11) is -2.76. The van der Waals surface area contributed by atoms with Crippen LogP contribution in [0.4, 0.5) is 5.69 Å². The van der Waals surface area contributed by atoms with E-state index in [1.165, 1.54) is 6.42 Å². The minimum absolute atomic E-state index is 0.0426. The highest BCUT2D eigenvalue weighted by atomic mass is 35.5. The molecule has 168 valence electrons. The maximum atomic E-state index is 13.0. The van der Waals surface area contributed by atoms with Gasteiger partial charge in [-0.2, -0.15) is 0 Å². The molecule has 2 fully saturated rings. The molecule has 1 aromatic carbocycles. The molecule has 1 aliphatic carbocycles. The van der Waals surface area contributed by atoms with E-state index in [-0.39, 0.29) is 5.25 Å². The molecule has 31 heavy (non-hydrogen) atoms. The first kappa shape index (κ1) is 22.8. The van der Waals surface area contributed by atoms with Crippen LogP contribution >= 0.6 is 23.2 Å². The molecule has 0 amide bonds. The largest absolute Gasteiger partial charge is 0.368 e. The van der Waals surface area contributed by atoms with E-state index in [1.54, 1.807) is 24.5 Å². The molecule has 0 bridgehead atoms. The highest BCUT2D eigenvalue weighted by molar-refractivity contribution is 7.93. The van der Waals surface area contributed by atoms with Crippen molar-refractivity contribution in [2.24, 2.45) is 5.92 Å². The molecular formula is C23H30Cl2N4OS. The number of pyridine rings is 1. The number of halogens is 2. The lowest BCUT2D eigenvalue weighted by Crippen LogP contribution is -2.47. The fraction of sp³-hybridized carbons (Fsp3) is 0.522. The molecule has 1 unspecified atom stereocenters. The summed E-state index contributed by atoms with van der Waals surface area (Å²) < 4.78 is 21.5. The molecule has 2 heterocycles. The standard InChI is InChI=1S/C23H30Cl2N4OS/c24-21-4-1-5-22(23(21)25)29-15-13-28(14-16-29)12-10-18-6-8-19(9-7-18)31(26,30)20-3-2-11-27-17-20/h1-5,11,17-19,26H,6-10,12-16H2. The second-order valence-corrected chi connectivity index (χ2v) is 11.7. The first-order valence-electron chi connectivity index (χ1n) is 11.0. The Bertz CT molecular complexity index is 970. The third-order valence-electron chi connectivity index (χ3n) is 6.75. The van der Waals surface area contributed by atoms with Crippen molar-refractivity contribution in [1.82, 2.24) is 9.88 Å².